The molecule has 0 bridgehead atoms. The minimum absolute atomic E-state index is 0.220. The van der Waals surface area contributed by atoms with Gasteiger partial charge >= 0.3 is 6.09 Å². The summed E-state index contributed by atoms with van der Waals surface area (Å²) in [7, 11) is 0. The SMILES string of the molecule is CCOC(=O)N1CCN(c2cc(C)c(Br)cn2)CC1. The van der Waals surface area contributed by atoms with E-state index in [4.69, 9.17) is 4.74 Å². The molecule has 5 nitrogen and oxygen atoms in total. The highest BCUT2D eigenvalue weighted by Crippen LogP contribution is 2.21. The molecule has 0 atom stereocenters. The molecule has 0 unspecified atom stereocenters. The zero-order valence-electron chi connectivity index (χ0n) is 11.2. The first-order chi connectivity index (χ1) is 9.11. The Labute approximate surface area is 121 Å². The predicted octanol–water partition coefficient (Wildman–Crippen LogP) is 2.43. The van der Waals surface area contributed by atoms with Crippen molar-refractivity contribution in [3.8, 4) is 0 Å². The van der Waals surface area contributed by atoms with Crippen LogP contribution in [-0.2, 0) is 4.74 Å². The highest BCUT2D eigenvalue weighted by Gasteiger charge is 2.22. The standard InChI is InChI=1S/C13H18BrN3O2/c1-3-19-13(18)17-6-4-16(5-7-17)12-8-10(2)11(14)9-15-12/h8-9H,3-7H2,1-2H3. The van der Waals surface area contributed by atoms with Gasteiger partial charge in [-0.2, -0.15) is 0 Å². The zero-order valence-corrected chi connectivity index (χ0v) is 12.8. The average Bonchev–Trinajstić information content (AvgIpc) is 2.42. The lowest BCUT2D eigenvalue weighted by molar-refractivity contribution is 0.105. The van der Waals surface area contributed by atoms with Crippen LogP contribution in [-0.4, -0.2) is 48.8 Å². The lowest BCUT2D eigenvalue weighted by atomic mass is 10.2. The molecule has 2 rings (SSSR count). The van der Waals surface area contributed by atoms with Crippen LogP contribution in [0, 0.1) is 6.92 Å². The van der Waals surface area contributed by atoms with Gasteiger partial charge < -0.3 is 14.5 Å². The second-order valence-corrected chi connectivity index (χ2v) is 5.32. The van der Waals surface area contributed by atoms with Gasteiger partial charge in [-0.15, -0.1) is 0 Å². The van der Waals surface area contributed by atoms with E-state index in [2.05, 4.69) is 31.9 Å². The monoisotopic (exact) mass is 327 g/mol. The molecule has 0 aliphatic carbocycles. The molecule has 1 aromatic heterocycles. The van der Waals surface area contributed by atoms with Crippen LogP contribution in [0.2, 0.25) is 0 Å². The van der Waals surface area contributed by atoms with Gasteiger partial charge in [0.2, 0.25) is 0 Å². The van der Waals surface area contributed by atoms with Crippen molar-refractivity contribution >= 4 is 27.8 Å². The summed E-state index contributed by atoms with van der Waals surface area (Å²) in [5.41, 5.74) is 1.16. The number of hydrogen-bond donors (Lipinski definition) is 0. The summed E-state index contributed by atoms with van der Waals surface area (Å²) in [4.78, 5) is 19.9. The maximum Gasteiger partial charge on any atom is 0.409 e. The summed E-state index contributed by atoms with van der Waals surface area (Å²) >= 11 is 3.45. The first-order valence-electron chi connectivity index (χ1n) is 6.40. The van der Waals surface area contributed by atoms with Crippen molar-refractivity contribution in [2.24, 2.45) is 0 Å². The van der Waals surface area contributed by atoms with E-state index in [0.29, 0.717) is 19.7 Å². The molecule has 1 aromatic rings. The number of carbonyl (C=O) groups is 1. The number of ether oxygens (including phenoxy) is 1. The van der Waals surface area contributed by atoms with Crippen LogP contribution in [0.4, 0.5) is 10.6 Å². The van der Waals surface area contributed by atoms with Gasteiger partial charge in [-0.3, -0.25) is 0 Å². The lowest BCUT2D eigenvalue weighted by Gasteiger charge is -2.34. The third-order valence-corrected chi connectivity index (χ3v) is 3.99. The second-order valence-electron chi connectivity index (χ2n) is 4.46. The van der Waals surface area contributed by atoms with Crippen LogP contribution < -0.4 is 4.90 Å². The average molecular weight is 328 g/mol. The summed E-state index contributed by atoms with van der Waals surface area (Å²) in [5, 5.41) is 0. The van der Waals surface area contributed by atoms with Crippen molar-refractivity contribution < 1.29 is 9.53 Å². The summed E-state index contributed by atoms with van der Waals surface area (Å²) < 4.78 is 6.02. The van der Waals surface area contributed by atoms with Gasteiger partial charge in [-0.25, -0.2) is 9.78 Å². The van der Waals surface area contributed by atoms with Gasteiger partial charge in [0.1, 0.15) is 5.82 Å². The summed E-state index contributed by atoms with van der Waals surface area (Å²) in [6, 6.07) is 2.06. The Morgan fingerprint density at radius 3 is 2.68 bits per heavy atom. The van der Waals surface area contributed by atoms with E-state index in [9.17, 15) is 4.79 Å². The Kier molecular flexibility index (Phi) is 4.63. The predicted molar refractivity (Wildman–Crippen MR) is 77.5 cm³/mol. The fourth-order valence-electron chi connectivity index (χ4n) is 2.03. The number of halogens is 1. The van der Waals surface area contributed by atoms with Crippen LogP contribution in [0.1, 0.15) is 12.5 Å². The van der Waals surface area contributed by atoms with E-state index in [1.165, 1.54) is 0 Å². The number of piperazine rings is 1. The molecule has 1 fully saturated rings. The minimum atomic E-state index is -0.220. The van der Waals surface area contributed by atoms with Crippen molar-refractivity contribution in [2.75, 3.05) is 37.7 Å². The van der Waals surface area contributed by atoms with Crippen molar-refractivity contribution in [1.82, 2.24) is 9.88 Å². The molecule has 0 spiro atoms. The first kappa shape index (κ1) is 14.1. The van der Waals surface area contributed by atoms with Gasteiger partial charge in [-0.1, -0.05) is 0 Å². The highest BCUT2D eigenvalue weighted by molar-refractivity contribution is 9.10. The van der Waals surface area contributed by atoms with Crippen molar-refractivity contribution in [3.05, 3.63) is 22.3 Å². The third-order valence-electron chi connectivity index (χ3n) is 3.16. The fourth-order valence-corrected chi connectivity index (χ4v) is 2.25. The summed E-state index contributed by atoms with van der Waals surface area (Å²) in [6.07, 6.45) is 1.60. The van der Waals surface area contributed by atoms with Crippen molar-refractivity contribution in [1.29, 1.82) is 0 Å². The maximum atomic E-state index is 11.6. The van der Waals surface area contributed by atoms with Gasteiger partial charge in [0.15, 0.2) is 0 Å². The molecule has 1 amide bonds. The Balaban J connectivity index is 1.96. The maximum absolute atomic E-state index is 11.6. The van der Waals surface area contributed by atoms with Gasteiger partial charge in [0, 0.05) is 36.8 Å². The molecular formula is C13H18BrN3O2. The molecule has 19 heavy (non-hydrogen) atoms. The molecule has 0 N–H and O–H groups in total. The largest absolute Gasteiger partial charge is 0.450 e. The molecule has 6 heteroatoms. The minimum Gasteiger partial charge on any atom is -0.450 e. The summed E-state index contributed by atoms with van der Waals surface area (Å²) in [5.74, 6) is 0.962. The zero-order chi connectivity index (χ0) is 13.8. The van der Waals surface area contributed by atoms with E-state index in [1.54, 1.807) is 4.90 Å². The van der Waals surface area contributed by atoms with Crippen LogP contribution >= 0.6 is 15.9 Å². The molecule has 0 aromatic carbocycles. The Morgan fingerprint density at radius 2 is 2.11 bits per heavy atom. The van der Waals surface area contributed by atoms with Gasteiger partial charge in [0.05, 0.1) is 6.61 Å². The molecular weight excluding hydrogens is 310 g/mol. The molecule has 1 aliphatic heterocycles. The third kappa shape index (κ3) is 3.37. The molecule has 1 saturated heterocycles. The Hall–Kier alpha value is -1.30. The normalized spacial score (nSPS) is 15.5. The van der Waals surface area contributed by atoms with E-state index >= 15 is 0 Å². The van der Waals surface area contributed by atoms with Crippen LogP contribution in [0.5, 0.6) is 0 Å². The Morgan fingerprint density at radius 1 is 1.42 bits per heavy atom. The number of carbonyl (C=O) groups excluding carboxylic acids is 1. The van der Waals surface area contributed by atoms with Gasteiger partial charge in [-0.05, 0) is 41.4 Å². The number of hydrogen-bond acceptors (Lipinski definition) is 4. The quantitative estimate of drug-likeness (QED) is 0.836. The van der Waals surface area contributed by atoms with Gasteiger partial charge in [0.25, 0.3) is 0 Å². The van der Waals surface area contributed by atoms with Crippen LogP contribution in [0.3, 0.4) is 0 Å². The molecule has 1 aliphatic rings. The number of nitrogens with zero attached hydrogens (tertiary/aromatic N) is 3. The Bertz CT molecular complexity index is 459. The molecule has 104 valence electrons. The number of amides is 1. The number of aryl methyl sites for hydroxylation is 1. The van der Waals surface area contributed by atoms with Crippen LogP contribution in [0.25, 0.3) is 0 Å². The highest BCUT2D eigenvalue weighted by atomic mass is 79.9. The molecule has 2 heterocycles. The number of pyridine rings is 1. The number of aromatic nitrogens is 1. The van der Waals surface area contributed by atoms with Crippen LogP contribution in [0.15, 0.2) is 16.7 Å². The second kappa shape index (κ2) is 6.23. The lowest BCUT2D eigenvalue weighted by Crippen LogP contribution is -2.49. The van der Waals surface area contributed by atoms with E-state index < -0.39 is 0 Å². The topological polar surface area (TPSA) is 45.7 Å². The number of anilines is 1. The van der Waals surface area contributed by atoms with E-state index in [-0.39, 0.29) is 6.09 Å². The smallest absolute Gasteiger partial charge is 0.409 e. The van der Waals surface area contributed by atoms with Crippen molar-refractivity contribution in [2.45, 2.75) is 13.8 Å². The number of rotatable bonds is 2. The first-order valence-corrected chi connectivity index (χ1v) is 7.20. The summed E-state index contributed by atoms with van der Waals surface area (Å²) in [6.45, 7) is 7.21. The fraction of sp³-hybridized carbons (Fsp3) is 0.538. The molecule has 0 saturated carbocycles. The van der Waals surface area contributed by atoms with Crippen molar-refractivity contribution in [3.63, 3.8) is 0 Å². The molecule has 0 radical (unpaired) electrons. The van der Waals surface area contributed by atoms with E-state index in [1.807, 2.05) is 20.0 Å². The van der Waals surface area contributed by atoms with E-state index in [0.717, 1.165) is 28.9 Å².